The van der Waals surface area contributed by atoms with Gasteiger partial charge in [-0.1, -0.05) is 18.2 Å². The minimum absolute atomic E-state index is 0.111. The summed E-state index contributed by atoms with van der Waals surface area (Å²) >= 11 is 0. The fraction of sp³-hybridized carbons (Fsp3) is 0.400. The highest BCUT2D eigenvalue weighted by atomic mass is 16.6. The van der Waals surface area contributed by atoms with Crippen LogP contribution in [0.1, 0.15) is 12.0 Å². The van der Waals surface area contributed by atoms with Crippen molar-refractivity contribution in [3.8, 4) is 17.2 Å². The molecule has 0 aliphatic carbocycles. The van der Waals surface area contributed by atoms with Gasteiger partial charge in [0.1, 0.15) is 12.4 Å². The second-order valence-electron chi connectivity index (χ2n) is 8.69. The van der Waals surface area contributed by atoms with E-state index >= 15 is 0 Å². The standard InChI is InChI=1S/C25H27N3O6/c1-16-7-8-19(32-2)17(13-16)28-23(29)14-18(24(28)30)26-9-11-27(12-10-26)25(31)22-15-33-20-5-3-4-6-21(20)34-22/h3-8,13,18,22H,9-12,14-15H2,1-2H3/t18-,22-/m1/s1. The van der Waals surface area contributed by atoms with Gasteiger partial charge in [0.25, 0.3) is 11.8 Å². The number of hydrogen-bond donors (Lipinski definition) is 0. The molecular formula is C25H27N3O6. The number of para-hydroxylation sites is 2. The molecule has 3 heterocycles. The van der Waals surface area contributed by atoms with Crippen LogP contribution < -0.4 is 19.1 Å². The van der Waals surface area contributed by atoms with E-state index < -0.39 is 12.1 Å². The number of hydrogen-bond acceptors (Lipinski definition) is 7. The van der Waals surface area contributed by atoms with Crippen LogP contribution in [0.5, 0.6) is 17.2 Å². The summed E-state index contributed by atoms with van der Waals surface area (Å²) in [7, 11) is 1.52. The van der Waals surface area contributed by atoms with Gasteiger partial charge >= 0.3 is 0 Å². The first kappa shape index (κ1) is 22.2. The molecule has 2 aromatic carbocycles. The normalized spacial score (nSPS) is 22.8. The molecule has 0 radical (unpaired) electrons. The van der Waals surface area contributed by atoms with Crippen LogP contribution in [0.15, 0.2) is 42.5 Å². The molecule has 0 aromatic heterocycles. The van der Waals surface area contributed by atoms with Gasteiger partial charge in [-0.05, 0) is 36.8 Å². The largest absolute Gasteiger partial charge is 0.495 e. The van der Waals surface area contributed by atoms with Gasteiger partial charge in [-0.15, -0.1) is 0 Å². The van der Waals surface area contributed by atoms with E-state index in [4.69, 9.17) is 14.2 Å². The predicted octanol–water partition coefficient (Wildman–Crippen LogP) is 1.62. The summed E-state index contributed by atoms with van der Waals surface area (Å²) in [4.78, 5) is 44.1. The zero-order valence-corrected chi connectivity index (χ0v) is 19.2. The Labute approximate surface area is 197 Å². The summed E-state index contributed by atoms with van der Waals surface area (Å²) in [6.45, 7) is 3.97. The Bertz CT molecular complexity index is 1130. The van der Waals surface area contributed by atoms with E-state index in [1.807, 2.05) is 36.1 Å². The molecule has 3 amide bonds. The highest BCUT2D eigenvalue weighted by Gasteiger charge is 2.45. The Morgan fingerprint density at radius 2 is 1.76 bits per heavy atom. The number of fused-ring (bicyclic) bond motifs is 1. The molecule has 2 aromatic rings. The molecule has 34 heavy (non-hydrogen) atoms. The molecule has 2 fully saturated rings. The Morgan fingerprint density at radius 3 is 2.50 bits per heavy atom. The second-order valence-corrected chi connectivity index (χ2v) is 8.69. The maximum absolute atomic E-state index is 13.3. The van der Waals surface area contributed by atoms with E-state index in [9.17, 15) is 14.4 Å². The average Bonchev–Trinajstić information content (AvgIpc) is 3.16. The SMILES string of the molecule is COc1ccc(C)cc1N1C(=O)C[C@@H](N2CCN(C(=O)[C@H]3COc4ccccc4O3)CC2)C1=O. The number of rotatable bonds is 4. The molecule has 0 N–H and O–H groups in total. The molecule has 9 nitrogen and oxygen atoms in total. The lowest BCUT2D eigenvalue weighted by Crippen LogP contribution is -2.57. The zero-order valence-electron chi connectivity index (χ0n) is 19.2. The quantitative estimate of drug-likeness (QED) is 0.634. The highest BCUT2D eigenvalue weighted by Crippen LogP contribution is 2.35. The van der Waals surface area contributed by atoms with E-state index in [1.54, 1.807) is 23.1 Å². The number of nitrogens with zero attached hydrogens (tertiary/aromatic N) is 3. The summed E-state index contributed by atoms with van der Waals surface area (Å²) in [6.07, 6.45) is -0.583. The van der Waals surface area contributed by atoms with Gasteiger partial charge < -0.3 is 19.1 Å². The number of piperazine rings is 1. The monoisotopic (exact) mass is 465 g/mol. The third-order valence-corrected chi connectivity index (χ3v) is 6.55. The number of amides is 3. The number of imide groups is 1. The van der Waals surface area contributed by atoms with Crippen LogP contribution in [-0.4, -0.2) is 79.6 Å². The van der Waals surface area contributed by atoms with E-state index in [0.29, 0.717) is 49.1 Å². The van der Waals surface area contributed by atoms with Crippen LogP contribution >= 0.6 is 0 Å². The summed E-state index contributed by atoms with van der Waals surface area (Å²) in [5.41, 5.74) is 1.41. The number of anilines is 1. The second kappa shape index (κ2) is 8.98. The number of methoxy groups -OCH3 is 1. The predicted molar refractivity (Wildman–Crippen MR) is 123 cm³/mol. The lowest BCUT2D eigenvalue weighted by Gasteiger charge is -2.38. The van der Waals surface area contributed by atoms with E-state index in [-0.39, 0.29) is 30.7 Å². The molecule has 9 heteroatoms. The van der Waals surface area contributed by atoms with Gasteiger partial charge in [-0.25, -0.2) is 4.90 Å². The number of benzene rings is 2. The maximum Gasteiger partial charge on any atom is 0.267 e. The molecule has 178 valence electrons. The molecule has 0 saturated carbocycles. The molecule has 2 saturated heterocycles. The topological polar surface area (TPSA) is 88.6 Å². The van der Waals surface area contributed by atoms with Crippen molar-refractivity contribution in [1.29, 1.82) is 0 Å². The first-order chi connectivity index (χ1) is 16.5. The molecule has 3 aliphatic rings. The van der Waals surface area contributed by atoms with Crippen molar-refractivity contribution in [2.45, 2.75) is 25.5 Å². The van der Waals surface area contributed by atoms with Crippen LogP contribution in [0.2, 0.25) is 0 Å². The van der Waals surface area contributed by atoms with Crippen LogP contribution in [0.4, 0.5) is 5.69 Å². The minimum Gasteiger partial charge on any atom is -0.495 e. The van der Waals surface area contributed by atoms with Gasteiger partial charge in [-0.2, -0.15) is 0 Å². The summed E-state index contributed by atoms with van der Waals surface area (Å²) < 4.78 is 16.9. The van der Waals surface area contributed by atoms with Crippen molar-refractivity contribution in [3.63, 3.8) is 0 Å². The Morgan fingerprint density at radius 1 is 1.03 bits per heavy atom. The smallest absolute Gasteiger partial charge is 0.267 e. The molecular weight excluding hydrogens is 438 g/mol. The van der Waals surface area contributed by atoms with Gasteiger partial charge in [0, 0.05) is 26.2 Å². The number of carbonyl (C=O) groups excluding carboxylic acids is 3. The van der Waals surface area contributed by atoms with Crippen molar-refractivity contribution >= 4 is 23.4 Å². The molecule has 5 rings (SSSR count). The molecule has 0 unspecified atom stereocenters. The van der Waals surface area contributed by atoms with Crippen LogP contribution in [-0.2, 0) is 14.4 Å². The van der Waals surface area contributed by atoms with Crippen LogP contribution in [0.25, 0.3) is 0 Å². The summed E-state index contributed by atoms with van der Waals surface area (Å²) in [5, 5.41) is 0. The summed E-state index contributed by atoms with van der Waals surface area (Å²) in [5.74, 6) is 1.05. The molecule has 0 spiro atoms. The van der Waals surface area contributed by atoms with Crippen LogP contribution in [0, 0.1) is 6.92 Å². The van der Waals surface area contributed by atoms with Gasteiger partial charge in [0.15, 0.2) is 11.5 Å². The number of aryl methyl sites for hydroxylation is 1. The highest BCUT2D eigenvalue weighted by molar-refractivity contribution is 6.23. The lowest BCUT2D eigenvalue weighted by atomic mass is 10.1. The Balaban J connectivity index is 1.22. The van der Waals surface area contributed by atoms with E-state index in [0.717, 1.165) is 5.56 Å². The van der Waals surface area contributed by atoms with Crippen molar-refractivity contribution in [2.24, 2.45) is 0 Å². The van der Waals surface area contributed by atoms with Crippen LogP contribution in [0.3, 0.4) is 0 Å². The van der Waals surface area contributed by atoms with Crippen molar-refractivity contribution in [3.05, 3.63) is 48.0 Å². The fourth-order valence-electron chi connectivity index (χ4n) is 4.73. The van der Waals surface area contributed by atoms with Crippen molar-refractivity contribution in [1.82, 2.24) is 9.80 Å². The summed E-state index contributed by atoms with van der Waals surface area (Å²) in [6, 6.07) is 12.2. The third-order valence-electron chi connectivity index (χ3n) is 6.55. The van der Waals surface area contributed by atoms with Crippen molar-refractivity contribution in [2.75, 3.05) is 44.8 Å². The first-order valence-corrected chi connectivity index (χ1v) is 11.4. The molecule has 3 aliphatic heterocycles. The molecule has 2 atom stereocenters. The van der Waals surface area contributed by atoms with Crippen molar-refractivity contribution < 1.29 is 28.6 Å². The third kappa shape index (κ3) is 3.96. The van der Waals surface area contributed by atoms with E-state index in [2.05, 4.69) is 0 Å². The zero-order chi connectivity index (χ0) is 23.8. The van der Waals surface area contributed by atoms with Gasteiger partial charge in [-0.3, -0.25) is 19.3 Å². The van der Waals surface area contributed by atoms with Gasteiger partial charge in [0.05, 0.1) is 25.3 Å². The lowest BCUT2D eigenvalue weighted by molar-refractivity contribution is -0.143. The Hall–Kier alpha value is -3.59. The number of carbonyl (C=O) groups is 3. The first-order valence-electron chi connectivity index (χ1n) is 11.4. The maximum atomic E-state index is 13.3. The fourth-order valence-corrected chi connectivity index (χ4v) is 4.73. The average molecular weight is 466 g/mol. The number of ether oxygens (including phenoxy) is 3. The Kier molecular flexibility index (Phi) is 5.87. The minimum atomic E-state index is -0.694. The van der Waals surface area contributed by atoms with Gasteiger partial charge in [0.2, 0.25) is 12.0 Å². The molecule has 0 bridgehead atoms. The van der Waals surface area contributed by atoms with E-state index in [1.165, 1.54) is 12.0 Å².